The fraction of sp³-hybridized carbons (Fsp3) is 0.682. The Bertz CT molecular complexity index is 700. The lowest BCUT2D eigenvalue weighted by atomic mass is 10.1. The van der Waals surface area contributed by atoms with Crippen LogP contribution < -0.4 is 14.8 Å². The molecule has 1 saturated heterocycles. The first kappa shape index (κ1) is 25.1. The maximum Gasteiger partial charge on any atom is 0.401 e. The molecule has 0 radical (unpaired) electrons. The van der Waals surface area contributed by atoms with Gasteiger partial charge in [-0.25, -0.2) is 4.99 Å². The van der Waals surface area contributed by atoms with Crippen molar-refractivity contribution < 1.29 is 22.6 Å². The van der Waals surface area contributed by atoms with E-state index in [1.807, 2.05) is 38.1 Å². The van der Waals surface area contributed by atoms with Gasteiger partial charge in [-0.1, -0.05) is 13.0 Å². The largest absolute Gasteiger partial charge is 0.497 e. The fourth-order valence-electron chi connectivity index (χ4n) is 3.68. The topological polar surface area (TPSA) is 49.3 Å². The van der Waals surface area contributed by atoms with Gasteiger partial charge in [-0.2, -0.15) is 13.2 Å². The van der Waals surface area contributed by atoms with E-state index in [9.17, 15) is 13.2 Å². The molecule has 0 saturated carbocycles. The first-order valence-corrected chi connectivity index (χ1v) is 10.9. The van der Waals surface area contributed by atoms with Crippen LogP contribution in [0.3, 0.4) is 0 Å². The third-order valence-corrected chi connectivity index (χ3v) is 5.16. The van der Waals surface area contributed by atoms with Gasteiger partial charge in [0.1, 0.15) is 17.6 Å². The summed E-state index contributed by atoms with van der Waals surface area (Å²) in [6.45, 7) is 8.38. The zero-order valence-corrected chi connectivity index (χ0v) is 18.9. The predicted molar refractivity (Wildman–Crippen MR) is 117 cm³/mol. The van der Waals surface area contributed by atoms with Gasteiger partial charge in [0, 0.05) is 32.2 Å². The summed E-state index contributed by atoms with van der Waals surface area (Å²) in [6.07, 6.45) is -3.44. The highest BCUT2D eigenvalue weighted by Crippen LogP contribution is 2.22. The minimum Gasteiger partial charge on any atom is -0.497 e. The zero-order chi connectivity index (χ0) is 22.9. The molecular weight excluding hydrogens is 409 g/mol. The number of alkyl halides is 3. The summed E-state index contributed by atoms with van der Waals surface area (Å²) < 4.78 is 49.4. The van der Waals surface area contributed by atoms with Gasteiger partial charge in [0.05, 0.1) is 20.2 Å². The van der Waals surface area contributed by atoms with Crippen molar-refractivity contribution >= 4 is 5.96 Å². The van der Waals surface area contributed by atoms with Gasteiger partial charge >= 0.3 is 6.18 Å². The molecule has 0 spiro atoms. The number of likely N-dealkylation sites (tertiary alicyclic amines) is 1. The summed E-state index contributed by atoms with van der Waals surface area (Å²) in [5, 5.41) is 3.29. The lowest BCUT2D eigenvalue weighted by Crippen LogP contribution is -2.42. The van der Waals surface area contributed by atoms with E-state index in [0.717, 1.165) is 37.0 Å². The van der Waals surface area contributed by atoms with E-state index in [2.05, 4.69) is 10.2 Å². The van der Waals surface area contributed by atoms with Crippen LogP contribution in [0, 0.1) is 5.92 Å². The molecule has 6 nitrogen and oxygen atoms in total. The number of hydrogen-bond donors (Lipinski definition) is 1. The van der Waals surface area contributed by atoms with Crippen LogP contribution in [0.5, 0.6) is 11.5 Å². The van der Waals surface area contributed by atoms with E-state index < -0.39 is 12.7 Å². The molecular formula is C22H35F3N4O2. The van der Waals surface area contributed by atoms with Gasteiger partial charge in [-0.05, 0) is 44.9 Å². The van der Waals surface area contributed by atoms with Crippen LogP contribution in [-0.2, 0) is 0 Å². The Morgan fingerprint density at radius 3 is 2.71 bits per heavy atom. The summed E-state index contributed by atoms with van der Waals surface area (Å²) in [4.78, 5) is 8.32. The molecule has 0 aliphatic carbocycles. The summed E-state index contributed by atoms with van der Waals surface area (Å²) in [5.41, 5.74) is 0. The van der Waals surface area contributed by atoms with Gasteiger partial charge in [-0.3, -0.25) is 4.90 Å². The first-order chi connectivity index (χ1) is 14.7. The Kier molecular flexibility index (Phi) is 9.74. The average Bonchev–Trinajstić information content (AvgIpc) is 3.18. The lowest BCUT2D eigenvalue weighted by molar-refractivity contribution is -0.146. The SMILES string of the molecule is CCNC(=NCC(C)Oc1cccc(OC)c1)N1CCC(CN(CC)CC(F)(F)F)C1. The normalized spacial score (nSPS) is 18.4. The maximum atomic E-state index is 12.7. The molecule has 1 aliphatic heterocycles. The van der Waals surface area contributed by atoms with Gasteiger partial charge in [0.25, 0.3) is 0 Å². The minimum atomic E-state index is -4.16. The van der Waals surface area contributed by atoms with E-state index in [1.165, 1.54) is 4.90 Å². The van der Waals surface area contributed by atoms with Gasteiger partial charge in [-0.15, -0.1) is 0 Å². The molecule has 9 heteroatoms. The van der Waals surface area contributed by atoms with Crippen molar-refractivity contribution in [2.45, 2.75) is 39.5 Å². The second kappa shape index (κ2) is 12.0. The number of nitrogens with one attached hydrogen (secondary N) is 1. The molecule has 1 aliphatic rings. The van der Waals surface area contributed by atoms with Crippen molar-refractivity contribution in [2.75, 3.05) is 52.9 Å². The standard InChI is InChI=1S/C22H35F3N4O2/c1-5-26-21(27-13-17(3)31-20-9-7-8-19(12-20)30-4)29-11-10-18(15-29)14-28(6-2)16-22(23,24)25/h7-9,12,17-18H,5-6,10-11,13-16H2,1-4H3,(H,26,27). The third-order valence-electron chi connectivity index (χ3n) is 5.16. The first-order valence-electron chi connectivity index (χ1n) is 10.9. The molecule has 1 fully saturated rings. The molecule has 1 aromatic rings. The Hall–Kier alpha value is -2.16. The molecule has 0 aromatic heterocycles. The molecule has 1 aromatic carbocycles. The van der Waals surface area contributed by atoms with Crippen molar-refractivity contribution in [2.24, 2.45) is 10.9 Å². The number of hydrogen-bond acceptors (Lipinski definition) is 4. The number of halogens is 3. The fourth-order valence-corrected chi connectivity index (χ4v) is 3.68. The number of guanidine groups is 1. The Morgan fingerprint density at radius 1 is 1.32 bits per heavy atom. The molecule has 2 unspecified atom stereocenters. The van der Waals surface area contributed by atoms with Crippen molar-refractivity contribution in [3.63, 3.8) is 0 Å². The number of methoxy groups -OCH3 is 1. The molecule has 1 N–H and O–H groups in total. The summed E-state index contributed by atoms with van der Waals surface area (Å²) >= 11 is 0. The van der Waals surface area contributed by atoms with Crippen LogP contribution in [-0.4, -0.2) is 81.0 Å². The molecule has 31 heavy (non-hydrogen) atoms. The number of ether oxygens (including phenoxy) is 2. The molecule has 1 heterocycles. The monoisotopic (exact) mass is 444 g/mol. The molecule has 176 valence electrons. The maximum absolute atomic E-state index is 12.7. The highest BCUT2D eigenvalue weighted by molar-refractivity contribution is 5.80. The molecule has 2 rings (SSSR count). The number of benzene rings is 1. The number of nitrogens with zero attached hydrogens (tertiary/aromatic N) is 3. The van der Waals surface area contributed by atoms with Crippen LogP contribution in [0.25, 0.3) is 0 Å². The van der Waals surface area contributed by atoms with Gasteiger partial charge in [0.2, 0.25) is 0 Å². The van der Waals surface area contributed by atoms with Crippen LogP contribution in [0.1, 0.15) is 27.2 Å². The Labute approximate surface area is 183 Å². The van der Waals surface area contributed by atoms with Crippen molar-refractivity contribution in [3.05, 3.63) is 24.3 Å². The van der Waals surface area contributed by atoms with Crippen LogP contribution >= 0.6 is 0 Å². The van der Waals surface area contributed by atoms with E-state index in [4.69, 9.17) is 14.5 Å². The minimum absolute atomic E-state index is 0.137. The summed E-state index contributed by atoms with van der Waals surface area (Å²) in [7, 11) is 1.61. The quantitative estimate of drug-likeness (QED) is 0.441. The number of rotatable bonds is 10. The van der Waals surface area contributed by atoms with E-state index >= 15 is 0 Å². The van der Waals surface area contributed by atoms with E-state index in [-0.39, 0.29) is 12.0 Å². The lowest BCUT2D eigenvalue weighted by Gasteiger charge is -2.26. The molecule has 0 bridgehead atoms. The van der Waals surface area contributed by atoms with E-state index in [0.29, 0.717) is 26.2 Å². The van der Waals surface area contributed by atoms with Crippen molar-refractivity contribution in [1.29, 1.82) is 0 Å². The van der Waals surface area contributed by atoms with E-state index in [1.54, 1.807) is 14.0 Å². The second-order valence-corrected chi connectivity index (χ2v) is 7.85. The number of aliphatic imine (C=N–C) groups is 1. The smallest absolute Gasteiger partial charge is 0.401 e. The average molecular weight is 445 g/mol. The Morgan fingerprint density at radius 2 is 2.06 bits per heavy atom. The van der Waals surface area contributed by atoms with Crippen molar-refractivity contribution in [3.8, 4) is 11.5 Å². The zero-order valence-electron chi connectivity index (χ0n) is 18.9. The predicted octanol–water partition coefficient (Wildman–Crippen LogP) is 3.63. The van der Waals surface area contributed by atoms with Gasteiger partial charge in [0.15, 0.2) is 5.96 Å². The summed E-state index contributed by atoms with van der Waals surface area (Å²) in [5.74, 6) is 2.43. The van der Waals surface area contributed by atoms with Crippen LogP contribution in [0.4, 0.5) is 13.2 Å². The molecule has 2 atom stereocenters. The van der Waals surface area contributed by atoms with Gasteiger partial charge < -0.3 is 19.7 Å². The van der Waals surface area contributed by atoms with Crippen LogP contribution in [0.2, 0.25) is 0 Å². The molecule has 0 amide bonds. The summed E-state index contributed by atoms with van der Waals surface area (Å²) in [6, 6.07) is 7.43. The highest BCUT2D eigenvalue weighted by atomic mass is 19.4. The van der Waals surface area contributed by atoms with Crippen molar-refractivity contribution in [1.82, 2.24) is 15.1 Å². The second-order valence-electron chi connectivity index (χ2n) is 7.85. The highest BCUT2D eigenvalue weighted by Gasteiger charge is 2.33. The van der Waals surface area contributed by atoms with Crippen LogP contribution in [0.15, 0.2) is 29.3 Å². The Balaban J connectivity index is 1.91. The third kappa shape index (κ3) is 8.85.